The average molecular weight is 297 g/mol. The van der Waals surface area contributed by atoms with Crippen LogP contribution in [0.25, 0.3) is 0 Å². The lowest BCUT2D eigenvalue weighted by atomic mass is 10.0. The van der Waals surface area contributed by atoms with Gasteiger partial charge in [-0.2, -0.15) is 0 Å². The standard InChI is InChI=1S/C14H21BrN2/c1-10-2-5-12(13(15)8-10)14(9-16)17-7-6-11-3-4-11/h2,5,8,11,14,17H,3-4,6-7,9,16H2,1H3. The molecule has 1 unspecified atom stereocenters. The maximum absolute atomic E-state index is 5.86. The van der Waals surface area contributed by atoms with Crippen molar-refractivity contribution in [1.29, 1.82) is 0 Å². The number of nitrogens with one attached hydrogen (secondary N) is 1. The summed E-state index contributed by atoms with van der Waals surface area (Å²) in [6.07, 6.45) is 4.13. The summed E-state index contributed by atoms with van der Waals surface area (Å²) in [5.74, 6) is 0.974. The van der Waals surface area contributed by atoms with E-state index in [2.05, 4.69) is 46.4 Å². The van der Waals surface area contributed by atoms with E-state index in [1.165, 1.54) is 30.4 Å². The van der Waals surface area contributed by atoms with Gasteiger partial charge in [0, 0.05) is 17.1 Å². The summed E-state index contributed by atoms with van der Waals surface area (Å²) in [6.45, 7) is 3.83. The lowest BCUT2D eigenvalue weighted by Crippen LogP contribution is -2.29. The Hall–Kier alpha value is -0.380. The zero-order chi connectivity index (χ0) is 12.3. The van der Waals surface area contributed by atoms with Crippen LogP contribution in [0.15, 0.2) is 22.7 Å². The zero-order valence-corrected chi connectivity index (χ0v) is 12.0. The molecule has 1 saturated carbocycles. The van der Waals surface area contributed by atoms with Crippen molar-refractivity contribution in [3.8, 4) is 0 Å². The van der Waals surface area contributed by atoms with Gasteiger partial charge in [-0.1, -0.05) is 40.9 Å². The van der Waals surface area contributed by atoms with Crippen molar-refractivity contribution in [2.24, 2.45) is 11.7 Å². The highest BCUT2D eigenvalue weighted by molar-refractivity contribution is 9.10. The SMILES string of the molecule is Cc1ccc(C(CN)NCCC2CC2)c(Br)c1. The fourth-order valence-corrected chi connectivity index (χ4v) is 2.87. The van der Waals surface area contributed by atoms with E-state index < -0.39 is 0 Å². The van der Waals surface area contributed by atoms with Gasteiger partial charge in [0.05, 0.1) is 0 Å². The van der Waals surface area contributed by atoms with Crippen LogP contribution >= 0.6 is 15.9 Å². The molecule has 0 spiro atoms. The molecule has 17 heavy (non-hydrogen) atoms. The molecule has 0 radical (unpaired) electrons. The van der Waals surface area contributed by atoms with Crippen LogP contribution in [0.5, 0.6) is 0 Å². The molecule has 1 aliphatic carbocycles. The van der Waals surface area contributed by atoms with Crippen LogP contribution in [0.3, 0.4) is 0 Å². The lowest BCUT2D eigenvalue weighted by molar-refractivity contribution is 0.515. The van der Waals surface area contributed by atoms with Crippen LogP contribution < -0.4 is 11.1 Å². The first kappa shape index (κ1) is 13.1. The van der Waals surface area contributed by atoms with Gasteiger partial charge in [0.25, 0.3) is 0 Å². The molecule has 0 saturated heterocycles. The highest BCUT2D eigenvalue weighted by Gasteiger charge is 2.21. The number of hydrogen-bond donors (Lipinski definition) is 2. The molecular weight excluding hydrogens is 276 g/mol. The lowest BCUT2D eigenvalue weighted by Gasteiger charge is -2.19. The second-order valence-corrected chi connectivity index (χ2v) is 5.85. The van der Waals surface area contributed by atoms with Crippen molar-refractivity contribution in [3.05, 3.63) is 33.8 Å². The number of halogens is 1. The summed E-state index contributed by atoms with van der Waals surface area (Å²) >= 11 is 3.63. The number of hydrogen-bond acceptors (Lipinski definition) is 2. The second kappa shape index (κ2) is 5.98. The Morgan fingerprint density at radius 1 is 1.47 bits per heavy atom. The molecule has 1 aromatic carbocycles. The van der Waals surface area contributed by atoms with Crippen LogP contribution in [0, 0.1) is 12.8 Å². The van der Waals surface area contributed by atoms with Crippen LogP contribution in [-0.4, -0.2) is 13.1 Å². The van der Waals surface area contributed by atoms with E-state index in [0.717, 1.165) is 16.9 Å². The maximum Gasteiger partial charge on any atom is 0.0455 e. The van der Waals surface area contributed by atoms with Gasteiger partial charge in [-0.05, 0) is 43.0 Å². The third-order valence-electron chi connectivity index (χ3n) is 3.41. The molecule has 1 atom stereocenters. The fraction of sp³-hybridized carbons (Fsp3) is 0.571. The van der Waals surface area contributed by atoms with Crippen LogP contribution in [0.4, 0.5) is 0 Å². The van der Waals surface area contributed by atoms with Gasteiger partial charge in [0.1, 0.15) is 0 Å². The number of rotatable bonds is 6. The number of nitrogens with two attached hydrogens (primary N) is 1. The molecule has 1 fully saturated rings. The van der Waals surface area contributed by atoms with Crippen molar-refractivity contribution in [2.75, 3.05) is 13.1 Å². The normalized spacial score (nSPS) is 17.1. The molecule has 0 heterocycles. The van der Waals surface area contributed by atoms with E-state index in [-0.39, 0.29) is 6.04 Å². The van der Waals surface area contributed by atoms with Gasteiger partial charge in [-0.3, -0.25) is 0 Å². The minimum Gasteiger partial charge on any atom is -0.329 e. The van der Waals surface area contributed by atoms with Crippen LogP contribution in [0.2, 0.25) is 0 Å². The van der Waals surface area contributed by atoms with E-state index in [1.54, 1.807) is 0 Å². The van der Waals surface area contributed by atoms with Crippen LogP contribution in [-0.2, 0) is 0 Å². The number of benzene rings is 1. The molecule has 3 heteroatoms. The monoisotopic (exact) mass is 296 g/mol. The van der Waals surface area contributed by atoms with Gasteiger partial charge < -0.3 is 11.1 Å². The second-order valence-electron chi connectivity index (χ2n) is 5.00. The van der Waals surface area contributed by atoms with Crippen molar-refractivity contribution >= 4 is 15.9 Å². The maximum atomic E-state index is 5.86. The molecule has 2 rings (SSSR count). The first-order valence-electron chi connectivity index (χ1n) is 6.40. The molecule has 2 nitrogen and oxygen atoms in total. The minimum absolute atomic E-state index is 0.267. The van der Waals surface area contributed by atoms with Crippen molar-refractivity contribution in [3.63, 3.8) is 0 Å². The fourth-order valence-electron chi connectivity index (χ4n) is 2.10. The predicted octanol–water partition coefficient (Wildman–Crippen LogP) is 3.15. The summed E-state index contributed by atoms with van der Waals surface area (Å²) in [5.41, 5.74) is 8.41. The van der Waals surface area contributed by atoms with E-state index in [4.69, 9.17) is 5.73 Å². The summed E-state index contributed by atoms with van der Waals surface area (Å²) < 4.78 is 1.16. The van der Waals surface area contributed by atoms with Crippen molar-refractivity contribution in [2.45, 2.75) is 32.2 Å². The van der Waals surface area contributed by atoms with E-state index in [0.29, 0.717) is 6.54 Å². The first-order chi connectivity index (χ1) is 8.20. The Balaban J connectivity index is 1.94. The molecule has 3 N–H and O–H groups in total. The largest absolute Gasteiger partial charge is 0.329 e. The molecule has 0 bridgehead atoms. The Bertz CT molecular complexity index is 374. The van der Waals surface area contributed by atoms with Gasteiger partial charge in [-0.25, -0.2) is 0 Å². The molecular formula is C14H21BrN2. The van der Waals surface area contributed by atoms with Crippen molar-refractivity contribution < 1.29 is 0 Å². The predicted molar refractivity (Wildman–Crippen MR) is 76.0 cm³/mol. The average Bonchev–Trinajstić information content (AvgIpc) is 3.10. The minimum atomic E-state index is 0.267. The Morgan fingerprint density at radius 3 is 2.82 bits per heavy atom. The van der Waals surface area contributed by atoms with Crippen LogP contribution in [0.1, 0.15) is 36.4 Å². The molecule has 0 amide bonds. The molecule has 0 aliphatic heterocycles. The highest BCUT2D eigenvalue weighted by Crippen LogP contribution is 2.32. The Morgan fingerprint density at radius 2 is 2.24 bits per heavy atom. The van der Waals surface area contributed by atoms with Gasteiger partial charge in [0.2, 0.25) is 0 Å². The Labute approximate surface area is 112 Å². The van der Waals surface area contributed by atoms with Crippen molar-refractivity contribution in [1.82, 2.24) is 5.32 Å². The first-order valence-corrected chi connectivity index (χ1v) is 7.19. The topological polar surface area (TPSA) is 38.0 Å². The van der Waals surface area contributed by atoms with Gasteiger partial charge in [-0.15, -0.1) is 0 Å². The summed E-state index contributed by atoms with van der Waals surface area (Å²) in [5, 5.41) is 3.56. The van der Waals surface area contributed by atoms with E-state index in [1.807, 2.05) is 0 Å². The van der Waals surface area contributed by atoms with E-state index >= 15 is 0 Å². The summed E-state index contributed by atoms with van der Waals surface area (Å²) in [6, 6.07) is 6.73. The smallest absolute Gasteiger partial charge is 0.0455 e. The molecule has 0 aromatic heterocycles. The molecule has 94 valence electrons. The van der Waals surface area contributed by atoms with Gasteiger partial charge >= 0.3 is 0 Å². The summed E-state index contributed by atoms with van der Waals surface area (Å²) in [4.78, 5) is 0. The highest BCUT2D eigenvalue weighted by atomic mass is 79.9. The molecule has 1 aromatic rings. The Kier molecular flexibility index (Phi) is 4.60. The third kappa shape index (κ3) is 3.80. The zero-order valence-electron chi connectivity index (χ0n) is 10.4. The number of aryl methyl sites for hydroxylation is 1. The third-order valence-corrected chi connectivity index (χ3v) is 4.09. The van der Waals surface area contributed by atoms with Gasteiger partial charge in [0.15, 0.2) is 0 Å². The summed E-state index contributed by atoms with van der Waals surface area (Å²) in [7, 11) is 0. The van der Waals surface area contributed by atoms with E-state index in [9.17, 15) is 0 Å². The molecule has 1 aliphatic rings. The quantitative estimate of drug-likeness (QED) is 0.846.